The maximum Gasteiger partial charge on any atom is 0.0943 e. The Hall–Kier alpha value is -0.810. The fourth-order valence-electron chi connectivity index (χ4n) is 4.85. The zero-order valence-electron chi connectivity index (χ0n) is 13.4. The molecule has 2 fully saturated rings. The highest BCUT2D eigenvalue weighted by atomic mass is 15.2. The molecule has 2 heteroatoms. The molecular weight excluding hydrogens is 256 g/mol. The maximum atomic E-state index is 9.08. The van der Waals surface area contributed by atoms with Gasteiger partial charge in [-0.1, -0.05) is 44.6 Å². The third-order valence-electron chi connectivity index (χ3n) is 5.94. The van der Waals surface area contributed by atoms with Crippen LogP contribution in [0.15, 0.2) is 11.6 Å². The highest BCUT2D eigenvalue weighted by molar-refractivity contribution is 5.23. The summed E-state index contributed by atoms with van der Waals surface area (Å²) in [6.45, 7) is 0. The van der Waals surface area contributed by atoms with Gasteiger partial charge in [-0.25, -0.2) is 0 Å². The minimum atomic E-state index is 0.716. The Morgan fingerprint density at radius 1 is 0.810 bits per heavy atom. The van der Waals surface area contributed by atoms with Gasteiger partial charge in [-0.05, 0) is 44.9 Å². The molecule has 0 aromatic heterocycles. The second-order valence-corrected chi connectivity index (χ2v) is 7.30. The van der Waals surface area contributed by atoms with Crippen LogP contribution in [-0.2, 0) is 0 Å². The van der Waals surface area contributed by atoms with Crippen LogP contribution in [0.3, 0.4) is 0 Å². The Kier molecular flexibility index (Phi) is 5.36. The lowest BCUT2D eigenvalue weighted by atomic mass is 9.84. The van der Waals surface area contributed by atoms with Crippen molar-refractivity contribution in [1.82, 2.24) is 4.90 Å². The van der Waals surface area contributed by atoms with Gasteiger partial charge in [0.05, 0.1) is 6.07 Å². The van der Waals surface area contributed by atoms with Gasteiger partial charge in [0.25, 0.3) is 0 Å². The van der Waals surface area contributed by atoms with Gasteiger partial charge < -0.3 is 0 Å². The van der Waals surface area contributed by atoms with Crippen LogP contribution < -0.4 is 0 Å². The average Bonchev–Trinajstić information content (AvgIpc) is 2.58. The molecule has 3 aliphatic carbocycles. The molecule has 0 amide bonds. The minimum absolute atomic E-state index is 0.716. The third kappa shape index (κ3) is 3.69. The summed E-state index contributed by atoms with van der Waals surface area (Å²) in [5.74, 6) is 0. The number of nitriles is 1. The van der Waals surface area contributed by atoms with Crippen LogP contribution in [0.5, 0.6) is 0 Å². The Morgan fingerprint density at radius 2 is 1.38 bits per heavy atom. The molecule has 1 unspecified atom stereocenters. The molecule has 3 aliphatic rings. The molecule has 0 radical (unpaired) electrons. The van der Waals surface area contributed by atoms with Crippen LogP contribution in [0.4, 0.5) is 0 Å². The lowest BCUT2D eigenvalue weighted by molar-refractivity contribution is 0.0332. The second kappa shape index (κ2) is 7.45. The summed E-state index contributed by atoms with van der Waals surface area (Å²) in [7, 11) is 0. The predicted molar refractivity (Wildman–Crippen MR) is 86.9 cm³/mol. The van der Waals surface area contributed by atoms with E-state index < -0.39 is 0 Å². The molecule has 2 saturated carbocycles. The normalized spacial score (nSPS) is 29.1. The highest BCUT2D eigenvalue weighted by Crippen LogP contribution is 2.35. The molecule has 116 valence electrons. The Bertz CT molecular complexity index is 376. The average molecular weight is 286 g/mol. The molecule has 2 nitrogen and oxygen atoms in total. The van der Waals surface area contributed by atoms with Gasteiger partial charge in [-0.3, -0.25) is 4.90 Å². The first-order valence-corrected chi connectivity index (χ1v) is 9.25. The first-order valence-electron chi connectivity index (χ1n) is 9.25. The first kappa shape index (κ1) is 15.1. The number of rotatable bonds is 3. The summed E-state index contributed by atoms with van der Waals surface area (Å²) in [6.07, 6.45) is 19.9. The number of hydrogen-bond acceptors (Lipinski definition) is 2. The van der Waals surface area contributed by atoms with E-state index in [2.05, 4.69) is 17.0 Å². The van der Waals surface area contributed by atoms with Crippen molar-refractivity contribution < 1.29 is 0 Å². The smallest absolute Gasteiger partial charge is 0.0943 e. The van der Waals surface area contributed by atoms with Crippen LogP contribution in [-0.4, -0.2) is 23.0 Å². The number of nitrogens with zero attached hydrogens (tertiary/aromatic N) is 2. The van der Waals surface area contributed by atoms with Crippen molar-refractivity contribution in [2.75, 3.05) is 0 Å². The van der Waals surface area contributed by atoms with E-state index in [9.17, 15) is 0 Å². The summed E-state index contributed by atoms with van der Waals surface area (Å²) >= 11 is 0. The monoisotopic (exact) mass is 286 g/mol. The van der Waals surface area contributed by atoms with Gasteiger partial charge in [0.1, 0.15) is 0 Å². The van der Waals surface area contributed by atoms with Crippen molar-refractivity contribution in [3.63, 3.8) is 0 Å². The molecule has 0 spiro atoms. The standard InChI is InChI=1S/C19H30N2/c20-15-16-11-13-19(14-12-16)21(17-7-3-1-4-8-17)18-9-5-2-6-10-18/h11,17-19H,1-10,12-14H2. The van der Waals surface area contributed by atoms with Gasteiger partial charge in [-0.15, -0.1) is 0 Å². The van der Waals surface area contributed by atoms with Crippen molar-refractivity contribution in [3.8, 4) is 6.07 Å². The van der Waals surface area contributed by atoms with Crippen molar-refractivity contribution in [1.29, 1.82) is 5.26 Å². The van der Waals surface area contributed by atoms with E-state index in [0.717, 1.165) is 30.5 Å². The van der Waals surface area contributed by atoms with E-state index in [0.29, 0.717) is 6.04 Å². The lowest BCUT2D eigenvalue weighted by Gasteiger charge is -2.47. The number of allylic oxidation sites excluding steroid dienone is 1. The highest BCUT2D eigenvalue weighted by Gasteiger charge is 2.34. The molecule has 3 rings (SSSR count). The summed E-state index contributed by atoms with van der Waals surface area (Å²) in [5.41, 5.74) is 1.03. The topological polar surface area (TPSA) is 27.0 Å². The van der Waals surface area contributed by atoms with Crippen molar-refractivity contribution in [2.45, 2.75) is 102 Å². The molecule has 0 aliphatic heterocycles. The minimum Gasteiger partial charge on any atom is -0.294 e. The number of hydrogen-bond donors (Lipinski definition) is 0. The van der Waals surface area contributed by atoms with E-state index in [4.69, 9.17) is 5.26 Å². The largest absolute Gasteiger partial charge is 0.294 e. The first-order chi connectivity index (χ1) is 10.4. The van der Waals surface area contributed by atoms with E-state index in [-0.39, 0.29) is 0 Å². The molecule has 0 aromatic rings. The van der Waals surface area contributed by atoms with Gasteiger partial charge in [0.15, 0.2) is 0 Å². The SMILES string of the molecule is N#CC1=CCC(N(C2CCCCC2)C2CCCCC2)CC1. The van der Waals surface area contributed by atoms with Crippen LogP contribution in [0.25, 0.3) is 0 Å². The van der Waals surface area contributed by atoms with Crippen LogP contribution in [0, 0.1) is 11.3 Å². The zero-order valence-corrected chi connectivity index (χ0v) is 13.4. The molecule has 0 heterocycles. The lowest BCUT2D eigenvalue weighted by Crippen LogP contribution is -2.51. The summed E-state index contributed by atoms with van der Waals surface area (Å²) in [6, 6.07) is 4.75. The van der Waals surface area contributed by atoms with E-state index >= 15 is 0 Å². The van der Waals surface area contributed by atoms with E-state index in [1.807, 2.05) is 0 Å². The molecule has 0 aromatic carbocycles. The Labute approximate surface area is 130 Å². The summed E-state index contributed by atoms with van der Waals surface area (Å²) in [4.78, 5) is 2.95. The van der Waals surface area contributed by atoms with Crippen molar-refractivity contribution >= 4 is 0 Å². The fourth-order valence-corrected chi connectivity index (χ4v) is 4.85. The van der Waals surface area contributed by atoms with Gasteiger partial charge in [-0.2, -0.15) is 5.26 Å². The Balaban J connectivity index is 1.72. The quantitative estimate of drug-likeness (QED) is 0.733. The third-order valence-corrected chi connectivity index (χ3v) is 5.94. The molecule has 0 saturated heterocycles. The molecule has 21 heavy (non-hydrogen) atoms. The van der Waals surface area contributed by atoms with Gasteiger partial charge in [0.2, 0.25) is 0 Å². The molecular formula is C19H30N2. The fraction of sp³-hybridized carbons (Fsp3) is 0.842. The summed E-state index contributed by atoms with van der Waals surface area (Å²) in [5, 5.41) is 9.08. The van der Waals surface area contributed by atoms with Gasteiger partial charge >= 0.3 is 0 Å². The van der Waals surface area contributed by atoms with Gasteiger partial charge in [0, 0.05) is 23.7 Å². The van der Waals surface area contributed by atoms with Crippen molar-refractivity contribution in [3.05, 3.63) is 11.6 Å². The second-order valence-electron chi connectivity index (χ2n) is 7.30. The van der Waals surface area contributed by atoms with Crippen LogP contribution >= 0.6 is 0 Å². The van der Waals surface area contributed by atoms with E-state index in [1.54, 1.807) is 0 Å². The van der Waals surface area contributed by atoms with Crippen LogP contribution in [0.2, 0.25) is 0 Å². The molecule has 1 atom stereocenters. The van der Waals surface area contributed by atoms with Crippen molar-refractivity contribution in [2.24, 2.45) is 0 Å². The summed E-state index contributed by atoms with van der Waals surface area (Å²) < 4.78 is 0. The molecule has 0 bridgehead atoms. The zero-order chi connectivity index (χ0) is 14.5. The maximum absolute atomic E-state index is 9.08. The predicted octanol–water partition coefficient (Wildman–Crippen LogP) is 4.96. The van der Waals surface area contributed by atoms with Crippen LogP contribution in [0.1, 0.15) is 83.5 Å². The molecule has 0 N–H and O–H groups in total. The van der Waals surface area contributed by atoms with E-state index in [1.165, 1.54) is 70.6 Å². The Morgan fingerprint density at radius 3 is 1.81 bits per heavy atom.